The first-order valence-corrected chi connectivity index (χ1v) is 11.9. The molecule has 3 rings (SSSR count). The Bertz CT molecular complexity index is 1090. The smallest absolute Gasteiger partial charge is 0.261 e. The van der Waals surface area contributed by atoms with Crippen molar-refractivity contribution >= 4 is 23.4 Å². The standard InChI is InChI=1S/C28H31ClN2O3/c1-3-16-30-28(33)26(17-22-11-5-4-6-12-22)31(19-23-13-8-7-10-21(23)2)27(32)20-34-25-15-9-14-24(29)18-25/h4-15,18,26H,3,16-17,19-20H2,1-2H3,(H,30,33)/t26-/m1/s1. The van der Waals surface area contributed by atoms with Crippen LogP contribution in [-0.4, -0.2) is 35.9 Å². The molecule has 0 radical (unpaired) electrons. The van der Waals surface area contributed by atoms with Gasteiger partial charge in [0, 0.05) is 24.5 Å². The van der Waals surface area contributed by atoms with E-state index >= 15 is 0 Å². The summed E-state index contributed by atoms with van der Waals surface area (Å²) in [5.74, 6) is 0.0675. The molecular weight excluding hydrogens is 448 g/mol. The van der Waals surface area contributed by atoms with Gasteiger partial charge in [0.2, 0.25) is 5.91 Å². The highest BCUT2D eigenvalue weighted by atomic mass is 35.5. The van der Waals surface area contributed by atoms with Gasteiger partial charge in [-0.15, -0.1) is 0 Å². The fraction of sp³-hybridized carbons (Fsp3) is 0.286. The maximum atomic E-state index is 13.5. The van der Waals surface area contributed by atoms with Gasteiger partial charge < -0.3 is 15.0 Å². The van der Waals surface area contributed by atoms with E-state index in [-0.39, 0.29) is 18.4 Å². The molecule has 0 fully saturated rings. The lowest BCUT2D eigenvalue weighted by Crippen LogP contribution is -2.51. The highest BCUT2D eigenvalue weighted by Crippen LogP contribution is 2.20. The lowest BCUT2D eigenvalue weighted by molar-refractivity contribution is -0.142. The van der Waals surface area contributed by atoms with Gasteiger partial charge in [-0.05, 0) is 48.2 Å². The van der Waals surface area contributed by atoms with E-state index in [4.69, 9.17) is 16.3 Å². The molecule has 0 aliphatic heterocycles. The largest absolute Gasteiger partial charge is 0.484 e. The Kier molecular flexibility index (Phi) is 9.53. The van der Waals surface area contributed by atoms with Crippen LogP contribution < -0.4 is 10.1 Å². The van der Waals surface area contributed by atoms with E-state index in [0.29, 0.717) is 30.3 Å². The maximum Gasteiger partial charge on any atom is 0.261 e. The molecule has 2 amide bonds. The monoisotopic (exact) mass is 478 g/mol. The van der Waals surface area contributed by atoms with E-state index in [2.05, 4.69) is 5.32 Å². The van der Waals surface area contributed by atoms with Gasteiger partial charge in [-0.1, -0.05) is 79.2 Å². The molecule has 0 saturated carbocycles. The predicted molar refractivity (Wildman–Crippen MR) is 136 cm³/mol. The summed E-state index contributed by atoms with van der Waals surface area (Å²) < 4.78 is 5.75. The Morgan fingerprint density at radius 1 is 1.00 bits per heavy atom. The number of carbonyl (C=O) groups excluding carboxylic acids is 2. The molecule has 34 heavy (non-hydrogen) atoms. The van der Waals surface area contributed by atoms with Crippen molar-refractivity contribution in [2.45, 2.75) is 39.3 Å². The second-order valence-corrected chi connectivity index (χ2v) is 8.63. The Morgan fingerprint density at radius 2 is 1.74 bits per heavy atom. The van der Waals surface area contributed by atoms with Gasteiger partial charge in [0.25, 0.3) is 5.91 Å². The summed E-state index contributed by atoms with van der Waals surface area (Å²) in [7, 11) is 0. The molecule has 3 aromatic rings. The van der Waals surface area contributed by atoms with E-state index in [1.54, 1.807) is 29.2 Å². The Balaban J connectivity index is 1.90. The normalized spacial score (nSPS) is 11.5. The average Bonchev–Trinajstić information content (AvgIpc) is 2.85. The van der Waals surface area contributed by atoms with E-state index < -0.39 is 6.04 Å². The number of halogens is 1. The molecule has 0 bridgehead atoms. The van der Waals surface area contributed by atoms with Crippen molar-refractivity contribution in [3.63, 3.8) is 0 Å². The van der Waals surface area contributed by atoms with E-state index in [1.165, 1.54) is 0 Å². The van der Waals surface area contributed by atoms with E-state index in [0.717, 1.165) is 23.1 Å². The zero-order valence-electron chi connectivity index (χ0n) is 19.7. The van der Waals surface area contributed by atoms with Gasteiger partial charge >= 0.3 is 0 Å². The van der Waals surface area contributed by atoms with Crippen LogP contribution in [0.2, 0.25) is 5.02 Å². The van der Waals surface area contributed by atoms with Crippen LogP contribution >= 0.6 is 11.6 Å². The number of hydrogen-bond acceptors (Lipinski definition) is 3. The zero-order chi connectivity index (χ0) is 24.3. The quantitative estimate of drug-likeness (QED) is 0.412. The molecule has 0 aliphatic carbocycles. The van der Waals surface area contributed by atoms with Crippen molar-refractivity contribution in [3.8, 4) is 5.75 Å². The third kappa shape index (κ3) is 7.35. The van der Waals surface area contributed by atoms with Crippen molar-refractivity contribution < 1.29 is 14.3 Å². The van der Waals surface area contributed by atoms with Gasteiger partial charge in [0.1, 0.15) is 11.8 Å². The Hall–Kier alpha value is -3.31. The molecule has 6 heteroatoms. The van der Waals surface area contributed by atoms with E-state index in [9.17, 15) is 9.59 Å². The van der Waals surface area contributed by atoms with Crippen molar-refractivity contribution in [1.82, 2.24) is 10.2 Å². The van der Waals surface area contributed by atoms with Crippen molar-refractivity contribution in [2.24, 2.45) is 0 Å². The molecule has 5 nitrogen and oxygen atoms in total. The number of nitrogens with zero attached hydrogens (tertiary/aromatic N) is 1. The summed E-state index contributed by atoms with van der Waals surface area (Å²) in [6.45, 7) is 4.67. The van der Waals surface area contributed by atoms with Gasteiger partial charge in [-0.2, -0.15) is 0 Å². The fourth-order valence-corrected chi connectivity index (χ4v) is 3.86. The fourth-order valence-electron chi connectivity index (χ4n) is 3.68. The molecule has 0 heterocycles. The number of hydrogen-bond donors (Lipinski definition) is 1. The first kappa shape index (κ1) is 25.3. The molecular formula is C28H31ClN2O3. The first-order valence-electron chi connectivity index (χ1n) is 11.5. The van der Waals surface area contributed by atoms with Crippen molar-refractivity contribution in [3.05, 3.63) is 101 Å². The van der Waals surface area contributed by atoms with Gasteiger partial charge in [-0.25, -0.2) is 0 Å². The van der Waals surface area contributed by atoms with Crippen LogP contribution in [0, 0.1) is 6.92 Å². The van der Waals surface area contributed by atoms with Crippen LogP contribution in [0.5, 0.6) is 5.75 Å². The molecule has 0 spiro atoms. The highest BCUT2D eigenvalue weighted by molar-refractivity contribution is 6.30. The predicted octanol–water partition coefficient (Wildman–Crippen LogP) is 5.19. The summed E-state index contributed by atoms with van der Waals surface area (Å²) >= 11 is 6.05. The molecule has 178 valence electrons. The zero-order valence-corrected chi connectivity index (χ0v) is 20.4. The number of nitrogens with one attached hydrogen (secondary N) is 1. The number of aryl methyl sites for hydroxylation is 1. The molecule has 1 N–H and O–H groups in total. The SMILES string of the molecule is CCCNC(=O)[C@@H](Cc1ccccc1)N(Cc1ccccc1C)C(=O)COc1cccc(Cl)c1. The molecule has 0 aromatic heterocycles. The summed E-state index contributed by atoms with van der Waals surface area (Å²) in [5, 5.41) is 3.51. The molecule has 0 unspecified atom stereocenters. The third-order valence-corrected chi connectivity index (χ3v) is 5.82. The van der Waals surface area contributed by atoms with Gasteiger partial charge in [0.05, 0.1) is 0 Å². The molecule has 3 aromatic carbocycles. The molecule has 0 saturated heterocycles. The number of ether oxygens (including phenoxy) is 1. The van der Waals surface area contributed by atoms with Crippen LogP contribution in [0.1, 0.15) is 30.0 Å². The van der Waals surface area contributed by atoms with Crippen LogP contribution in [0.3, 0.4) is 0 Å². The number of amides is 2. The Labute approximate surface area is 206 Å². The van der Waals surface area contributed by atoms with Crippen molar-refractivity contribution in [1.29, 1.82) is 0 Å². The third-order valence-electron chi connectivity index (χ3n) is 5.58. The second kappa shape index (κ2) is 12.8. The number of carbonyl (C=O) groups is 2. The summed E-state index contributed by atoms with van der Waals surface area (Å²) in [6.07, 6.45) is 1.22. The minimum absolute atomic E-state index is 0.171. The van der Waals surface area contributed by atoms with Crippen LogP contribution in [0.25, 0.3) is 0 Å². The number of benzene rings is 3. The van der Waals surface area contributed by atoms with Crippen LogP contribution in [0.4, 0.5) is 0 Å². The lowest BCUT2D eigenvalue weighted by atomic mass is 10.0. The summed E-state index contributed by atoms with van der Waals surface area (Å²) in [4.78, 5) is 28.4. The maximum absolute atomic E-state index is 13.5. The topological polar surface area (TPSA) is 58.6 Å². The van der Waals surface area contributed by atoms with Crippen LogP contribution in [0.15, 0.2) is 78.9 Å². The Morgan fingerprint density at radius 3 is 2.44 bits per heavy atom. The van der Waals surface area contributed by atoms with Gasteiger partial charge in [-0.3, -0.25) is 9.59 Å². The molecule has 0 aliphatic rings. The average molecular weight is 479 g/mol. The minimum atomic E-state index is -0.677. The minimum Gasteiger partial charge on any atom is -0.484 e. The lowest BCUT2D eigenvalue weighted by Gasteiger charge is -2.32. The highest BCUT2D eigenvalue weighted by Gasteiger charge is 2.30. The summed E-state index contributed by atoms with van der Waals surface area (Å²) in [5.41, 5.74) is 3.03. The van der Waals surface area contributed by atoms with Gasteiger partial charge in [0.15, 0.2) is 6.61 Å². The van der Waals surface area contributed by atoms with Crippen molar-refractivity contribution in [2.75, 3.05) is 13.2 Å². The van der Waals surface area contributed by atoms with Crippen LogP contribution in [-0.2, 0) is 22.6 Å². The number of rotatable bonds is 11. The molecule has 1 atom stereocenters. The first-order chi connectivity index (χ1) is 16.5. The second-order valence-electron chi connectivity index (χ2n) is 8.19. The summed E-state index contributed by atoms with van der Waals surface area (Å²) in [6, 6.07) is 23.9. The van der Waals surface area contributed by atoms with E-state index in [1.807, 2.05) is 68.4 Å².